The summed E-state index contributed by atoms with van der Waals surface area (Å²) in [6, 6.07) is 0. The molecule has 1 aliphatic rings. The second-order valence-electron chi connectivity index (χ2n) is 4.85. The smallest absolute Gasteiger partial charge is 0.308 e. The van der Waals surface area contributed by atoms with Crippen molar-refractivity contribution in [2.45, 2.75) is 51.9 Å². The van der Waals surface area contributed by atoms with Crippen LogP contribution < -0.4 is 0 Å². The molecule has 5 heteroatoms. The van der Waals surface area contributed by atoms with Gasteiger partial charge in [0.25, 0.3) is 0 Å². The molecule has 18 heavy (non-hydrogen) atoms. The minimum absolute atomic E-state index is 0.261. The quantitative estimate of drug-likeness (QED) is 0.517. The molecular weight excluding hydrogens is 236 g/mol. The summed E-state index contributed by atoms with van der Waals surface area (Å²) < 4.78 is 21.3. The summed E-state index contributed by atoms with van der Waals surface area (Å²) >= 11 is 0. The van der Waals surface area contributed by atoms with Crippen molar-refractivity contribution >= 4 is 5.97 Å². The van der Waals surface area contributed by atoms with E-state index < -0.39 is 5.79 Å². The third-order valence-corrected chi connectivity index (χ3v) is 2.62. The molecule has 0 atom stereocenters. The highest BCUT2D eigenvalue weighted by molar-refractivity contribution is 5.69. The van der Waals surface area contributed by atoms with E-state index in [0.717, 1.165) is 12.8 Å². The van der Waals surface area contributed by atoms with Crippen molar-refractivity contribution in [1.82, 2.24) is 0 Å². The molecule has 1 fully saturated rings. The van der Waals surface area contributed by atoms with Gasteiger partial charge in [-0.25, -0.2) is 0 Å². The van der Waals surface area contributed by atoms with Crippen LogP contribution in [0.3, 0.4) is 0 Å². The third-order valence-electron chi connectivity index (χ3n) is 2.62. The molecule has 1 rings (SSSR count). The predicted octanol–water partition coefficient (Wildman–Crippen LogP) is 1.89. The molecular formula is C13H24O5. The average molecular weight is 260 g/mol. The van der Waals surface area contributed by atoms with E-state index >= 15 is 0 Å². The molecule has 106 valence electrons. The van der Waals surface area contributed by atoms with Crippen LogP contribution in [0.1, 0.15) is 40.0 Å². The zero-order chi connectivity index (χ0) is 13.4. The van der Waals surface area contributed by atoms with Gasteiger partial charge >= 0.3 is 5.97 Å². The normalized spacial score (nSPS) is 19.7. The maximum Gasteiger partial charge on any atom is 0.308 e. The molecule has 0 spiro atoms. The van der Waals surface area contributed by atoms with Crippen molar-refractivity contribution < 1.29 is 23.7 Å². The van der Waals surface area contributed by atoms with Crippen LogP contribution in [-0.2, 0) is 23.7 Å². The number of rotatable bonds is 7. The van der Waals surface area contributed by atoms with Gasteiger partial charge in [0, 0.05) is 6.61 Å². The second-order valence-corrected chi connectivity index (χ2v) is 4.85. The van der Waals surface area contributed by atoms with Crippen molar-refractivity contribution in [1.29, 1.82) is 0 Å². The van der Waals surface area contributed by atoms with Gasteiger partial charge in [-0.15, -0.1) is 0 Å². The minimum Gasteiger partial charge on any atom is -0.457 e. The average Bonchev–Trinajstić information content (AvgIpc) is 2.32. The van der Waals surface area contributed by atoms with E-state index in [1.165, 1.54) is 0 Å². The van der Waals surface area contributed by atoms with Crippen molar-refractivity contribution in [3.8, 4) is 0 Å². The van der Waals surface area contributed by atoms with E-state index in [1.807, 2.05) is 13.8 Å². The van der Waals surface area contributed by atoms with Crippen LogP contribution in [0.15, 0.2) is 0 Å². The highest BCUT2D eigenvalue weighted by Gasteiger charge is 2.30. The lowest BCUT2D eigenvalue weighted by molar-refractivity contribution is -0.276. The summed E-state index contributed by atoms with van der Waals surface area (Å²) in [5, 5.41) is 0. The highest BCUT2D eigenvalue weighted by atomic mass is 16.7. The monoisotopic (exact) mass is 260 g/mol. The fraction of sp³-hybridized carbons (Fsp3) is 0.923. The molecule has 0 aromatic rings. The fourth-order valence-electron chi connectivity index (χ4n) is 1.49. The number of esters is 1. The predicted molar refractivity (Wildman–Crippen MR) is 66.2 cm³/mol. The third kappa shape index (κ3) is 6.33. The molecule has 5 nitrogen and oxygen atoms in total. The minimum atomic E-state index is -0.577. The lowest BCUT2D eigenvalue weighted by atomic mass is 10.3. The van der Waals surface area contributed by atoms with Gasteiger partial charge < -0.3 is 18.9 Å². The molecule has 0 unspecified atom stereocenters. The Kier molecular flexibility index (Phi) is 6.60. The van der Waals surface area contributed by atoms with Gasteiger partial charge in [0.05, 0.1) is 26.2 Å². The van der Waals surface area contributed by atoms with Gasteiger partial charge in [0.1, 0.15) is 6.10 Å². The zero-order valence-electron chi connectivity index (χ0n) is 11.6. The van der Waals surface area contributed by atoms with Crippen LogP contribution in [0.25, 0.3) is 0 Å². The first kappa shape index (κ1) is 15.4. The number of carbonyl (C=O) groups excluding carboxylic acids is 1. The van der Waals surface area contributed by atoms with Crippen LogP contribution in [0.4, 0.5) is 0 Å². The summed E-state index contributed by atoms with van der Waals surface area (Å²) in [4.78, 5) is 11.5. The van der Waals surface area contributed by atoms with Gasteiger partial charge in [-0.3, -0.25) is 4.79 Å². The number of hydrogen-bond acceptors (Lipinski definition) is 5. The number of hydrogen-bond donors (Lipinski definition) is 0. The molecule has 0 aromatic heterocycles. The summed E-state index contributed by atoms with van der Waals surface area (Å²) in [6.07, 6.45) is 2.09. The molecule has 0 saturated carbocycles. The van der Waals surface area contributed by atoms with E-state index in [0.29, 0.717) is 26.4 Å². The van der Waals surface area contributed by atoms with Gasteiger partial charge in [-0.05, 0) is 20.3 Å². The molecule has 0 aliphatic carbocycles. The van der Waals surface area contributed by atoms with Crippen molar-refractivity contribution in [2.75, 3.05) is 26.4 Å². The molecule has 1 heterocycles. The van der Waals surface area contributed by atoms with E-state index in [-0.39, 0.29) is 18.5 Å². The Bertz CT molecular complexity index is 242. The molecule has 0 aromatic carbocycles. The van der Waals surface area contributed by atoms with Crippen molar-refractivity contribution in [3.63, 3.8) is 0 Å². The largest absolute Gasteiger partial charge is 0.457 e. The lowest BCUT2D eigenvalue weighted by Crippen LogP contribution is -2.43. The summed E-state index contributed by atoms with van der Waals surface area (Å²) in [7, 11) is 0. The van der Waals surface area contributed by atoms with E-state index in [1.54, 1.807) is 0 Å². The van der Waals surface area contributed by atoms with Crippen LogP contribution in [0.5, 0.6) is 0 Å². The fourth-order valence-corrected chi connectivity index (χ4v) is 1.49. The molecule has 0 amide bonds. The van der Waals surface area contributed by atoms with E-state index in [2.05, 4.69) is 6.92 Å². The van der Waals surface area contributed by atoms with Crippen LogP contribution in [0.2, 0.25) is 0 Å². The number of unbranched alkanes of at least 4 members (excludes halogenated alkanes) is 1. The van der Waals surface area contributed by atoms with Gasteiger partial charge in [-0.2, -0.15) is 0 Å². The van der Waals surface area contributed by atoms with E-state index in [4.69, 9.17) is 18.9 Å². The molecule has 1 aliphatic heterocycles. The summed E-state index contributed by atoms with van der Waals surface area (Å²) in [6.45, 7) is 7.67. The van der Waals surface area contributed by atoms with Gasteiger partial charge in [0.2, 0.25) is 0 Å². The Morgan fingerprint density at radius 2 is 1.94 bits per heavy atom. The maximum absolute atomic E-state index is 11.5. The van der Waals surface area contributed by atoms with E-state index in [9.17, 15) is 4.79 Å². The molecule has 1 saturated heterocycles. The van der Waals surface area contributed by atoms with Crippen LogP contribution in [0, 0.1) is 0 Å². The Hall–Kier alpha value is -0.650. The first-order valence-electron chi connectivity index (χ1n) is 6.58. The van der Waals surface area contributed by atoms with Gasteiger partial charge in [-0.1, -0.05) is 13.3 Å². The van der Waals surface area contributed by atoms with Gasteiger partial charge in [0.15, 0.2) is 5.79 Å². The van der Waals surface area contributed by atoms with Crippen LogP contribution in [-0.4, -0.2) is 44.3 Å². The van der Waals surface area contributed by atoms with Crippen molar-refractivity contribution in [2.24, 2.45) is 0 Å². The molecule has 0 radical (unpaired) electrons. The second kappa shape index (κ2) is 7.71. The Labute approximate surface area is 109 Å². The molecule has 0 N–H and O–H groups in total. The first-order chi connectivity index (χ1) is 8.53. The number of ether oxygens (including phenoxy) is 4. The lowest BCUT2D eigenvalue weighted by Gasteiger charge is -2.34. The summed E-state index contributed by atoms with van der Waals surface area (Å²) in [5.41, 5.74) is 0. The highest BCUT2D eigenvalue weighted by Crippen LogP contribution is 2.18. The standard InChI is InChI=1S/C13H24O5/c1-4-5-7-15-8-6-12(14)18-11-9-16-13(2,3)17-10-11/h11H,4-10H2,1-3H3. The van der Waals surface area contributed by atoms with Crippen molar-refractivity contribution in [3.05, 3.63) is 0 Å². The Balaban J connectivity index is 2.06. The SMILES string of the molecule is CCCCOCCC(=O)OC1COC(C)(C)OC1. The first-order valence-corrected chi connectivity index (χ1v) is 6.58. The zero-order valence-corrected chi connectivity index (χ0v) is 11.6. The van der Waals surface area contributed by atoms with Crippen LogP contribution >= 0.6 is 0 Å². The maximum atomic E-state index is 11.5. The Morgan fingerprint density at radius 3 is 2.56 bits per heavy atom. The topological polar surface area (TPSA) is 54.0 Å². The number of carbonyl (C=O) groups is 1. The molecule has 0 bridgehead atoms. The summed E-state index contributed by atoms with van der Waals surface area (Å²) in [5.74, 6) is -0.838. The Morgan fingerprint density at radius 1 is 1.28 bits per heavy atom.